The minimum atomic E-state index is -0.557. The number of aromatic nitrogens is 1. The van der Waals surface area contributed by atoms with Crippen LogP contribution in [-0.4, -0.2) is 30.1 Å². The Kier molecular flexibility index (Phi) is 5.91. The first kappa shape index (κ1) is 17.7. The molecule has 0 saturated carbocycles. The highest BCUT2D eigenvalue weighted by Crippen LogP contribution is 2.18. The van der Waals surface area contributed by atoms with Crippen molar-refractivity contribution >= 4 is 27.7 Å². The molecular formula is C19H22BrN3O2. The van der Waals surface area contributed by atoms with Gasteiger partial charge in [-0.1, -0.05) is 22.0 Å². The molecule has 1 aliphatic rings. The van der Waals surface area contributed by atoms with Crippen molar-refractivity contribution in [2.24, 2.45) is 0 Å². The van der Waals surface area contributed by atoms with Gasteiger partial charge < -0.3 is 15.0 Å². The quantitative estimate of drug-likeness (QED) is 0.801. The van der Waals surface area contributed by atoms with E-state index in [0.29, 0.717) is 12.3 Å². The number of hydrogen-bond acceptors (Lipinski definition) is 4. The molecule has 0 spiro atoms. The van der Waals surface area contributed by atoms with E-state index >= 15 is 0 Å². The normalized spacial score (nSPS) is 15.0. The van der Waals surface area contributed by atoms with Crippen LogP contribution in [0.4, 0.5) is 5.82 Å². The lowest BCUT2D eigenvalue weighted by atomic mass is 10.2. The summed E-state index contributed by atoms with van der Waals surface area (Å²) in [6.07, 6.45) is 3.73. The Balaban J connectivity index is 1.48. The van der Waals surface area contributed by atoms with Crippen LogP contribution < -0.4 is 15.0 Å². The average molecular weight is 404 g/mol. The summed E-state index contributed by atoms with van der Waals surface area (Å²) in [6, 6.07) is 11.5. The van der Waals surface area contributed by atoms with E-state index in [0.717, 1.165) is 28.9 Å². The number of hydrogen-bond donors (Lipinski definition) is 1. The van der Waals surface area contributed by atoms with Gasteiger partial charge in [0.25, 0.3) is 5.91 Å². The Morgan fingerprint density at radius 2 is 1.96 bits per heavy atom. The predicted molar refractivity (Wildman–Crippen MR) is 102 cm³/mol. The first-order chi connectivity index (χ1) is 12.1. The number of benzene rings is 1. The zero-order valence-corrected chi connectivity index (χ0v) is 15.8. The summed E-state index contributed by atoms with van der Waals surface area (Å²) < 4.78 is 6.62. The molecule has 0 radical (unpaired) electrons. The summed E-state index contributed by atoms with van der Waals surface area (Å²) in [4.78, 5) is 19.0. The molecule has 1 fully saturated rings. The number of nitrogens with one attached hydrogen (secondary N) is 1. The van der Waals surface area contributed by atoms with Crippen molar-refractivity contribution in [1.29, 1.82) is 0 Å². The molecule has 1 saturated heterocycles. The first-order valence-corrected chi connectivity index (χ1v) is 9.31. The van der Waals surface area contributed by atoms with Crippen LogP contribution in [0.5, 0.6) is 5.75 Å². The Labute approximate surface area is 156 Å². The number of ether oxygens (including phenoxy) is 1. The van der Waals surface area contributed by atoms with Crippen molar-refractivity contribution in [3.63, 3.8) is 0 Å². The molecule has 2 heterocycles. The van der Waals surface area contributed by atoms with Crippen LogP contribution >= 0.6 is 15.9 Å². The molecule has 1 unspecified atom stereocenters. The van der Waals surface area contributed by atoms with Crippen LogP contribution in [0.3, 0.4) is 0 Å². The lowest BCUT2D eigenvalue weighted by Crippen LogP contribution is -2.35. The molecule has 2 aromatic rings. The largest absolute Gasteiger partial charge is 0.481 e. The van der Waals surface area contributed by atoms with E-state index in [9.17, 15) is 4.79 Å². The first-order valence-electron chi connectivity index (χ1n) is 8.51. The third-order valence-corrected chi connectivity index (χ3v) is 4.73. The van der Waals surface area contributed by atoms with Crippen molar-refractivity contribution in [3.05, 3.63) is 52.6 Å². The number of rotatable bonds is 6. The monoisotopic (exact) mass is 403 g/mol. The molecule has 1 aromatic carbocycles. The Morgan fingerprint density at radius 3 is 2.60 bits per heavy atom. The lowest BCUT2D eigenvalue weighted by molar-refractivity contribution is -0.127. The standard InChI is InChI=1S/C19H22BrN3O2/c1-14(25-17-7-5-16(20)6-8-17)19(24)22-13-15-4-9-18(21-12-15)23-10-2-3-11-23/h4-9,12,14H,2-3,10-11,13H2,1H3,(H,22,24). The lowest BCUT2D eigenvalue weighted by Gasteiger charge is -2.17. The summed E-state index contributed by atoms with van der Waals surface area (Å²) in [7, 11) is 0. The number of carbonyl (C=O) groups excluding carboxylic acids is 1. The molecule has 0 bridgehead atoms. The van der Waals surface area contributed by atoms with Gasteiger partial charge >= 0.3 is 0 Å². The fourth-order valence-electron chi connectivity index (χ4n) is 2.76. The van der Waals surface area contributed by atoms with Gasteiger partial charge in [-0.05, 0) is 55.7 Å². The molecule has 1 aromatic heterocycles. The van der Waals surface area contributed by atoms with Gasteiger partial charge in [0.1, 0.15) is 11.6 Å². The van der Waals surface area contributed by atoms with Gasteiger partial charge in [0.15, 0.2) is 6.10 Å². The van der Waals surface area contributed by atoms with Crippen molar-refractivity contribution in [1.82, 2.24) is 10.3 Å². The van der Waals surface area contributed by atoms with Crippen molar-refractivity contribution in [2.45, 2.75) is 32.4 Å². The SMILES string of the molecule is CC(Oc1ccc(Br)cc1)C(=O)NCc1ccc(N2CCCC2)nc1. The molecule has 1 amide bonds. The Hall–Kier alpha value is -2.08. The van der Waals surface area contributed by atoms with Crippen LogP contribution in [-0.2, 0) is 11.3 Å². The zero-order chi connectivity index (χ0) is 17.6. The number of nitrogens with zero attached hydrogens (tertiary/aromatic N) is 2. The van der Waals surface area contributed by atoms with Gasteiger partial charge in [0.2, 0.25) is 0 Å². The number of anilines is 1. The summed E-state index contributed by atoms with van der Waals surface area (Å²) in [5.41, 5.74) is 0.979. The molecule has 3 rings (SSSR count). The number of carbonyl (C=O) groups is 1. The molecule has 6 heteroatoms. The zero-order valence-electron chi connectivity index (χ0n) is 14.2. The Morgan fingerprint density at radius 1 is 1.24 bits per heavy atom. The second kappa shape index (κ2) is 8.34. The van der Waals surface area contributed by atoms with Gasteiger partial charge in [0, 0.05) is 30.3 Å². The van der Waals surface area contributed by atoms with E-state index in [-0.39, 0.29) is 5.91 Å². The maximum Gasteiger partial charge on any atom is 0.261 e. The predicted octanol–water partition coefficient (Wildman–Crippen LogP) is 3.53. The maximum atomic E-state index is 12.2. The van der Waals surface area contributed by atoms with Gasteiger partial charge in [-0.15, -0.1) is 0 Å². The molecule has 1 aliphatic heterocycles. The van der Waals surface area contributed by atoms with E-state index in [2.05, 4.69) is 31.1 Å². The number of pyridine rings is 1. The topological polar surface area (TPSA) is 54.5 Å². The molecule has 25 heavy (non-hydrogen) atoms. The van der Waals surface area contributed by atoms with Gasteiger partial charge in [-0.25, -0.2) is 4.98 Å². The van der Waals surface area contributed by atoms with Crippen molar-refractivity contribution < 1.29 is 9.53 Å². The van der Waals surface area contributed by atoms with Crippen LogP contribution in [0.1, 0.15) is 25.3 Å². The van der Waals surface area contributed by atoms with Crippen LogP contribution in [0.2, 0.25) is 0 Å². The van der Waals surface area contributed by atoms with Crippen molar-refractivity contribution in [3.8, 4) is 5.75 Å². The summed E-state index contributed by atoms with van der Waals surface area (Å²) in [5.74, 6) is 1.54. The van der Waals surface area contributed by atoms with E-state index in [1.54, 1.807) is 6.92 Å². The van der Waals surface area contributed by atoms with E-state index in [1.807, 2.05) is 42.6 Å². The summed E-state index contributed by atoms with van der Waals surface area (Å²) in [6.45, 7) is 4.34. The minimum Gasteiger partial charge on any atom is -0.481 e. The molecule has 1 atom stereocenters. The Bertz CT molecular complexity index is 698. The third kappa shape index (κ3) is 4.95. The summed E-state index contributed by atoms with van der Waals surface area (Å²) >= 11 is 3.37. The van der Waals surface area contributed by atoms with E-state index < -0.39 is 6.10 Å². The molecular weight excluding hydrogens is 382 g/mol. The number of halogens is 1. The van der Waals surface area contributed by atoms with E-state index in [1.165, 1.54) is 12.8 Å². The molecule has 1 N–H and O–H groups in total. The molecule has 5 nitrogen and oxygen atoms in total. The van der Waals surface area contributed by atoms with E-state index in [4.69, 9.17) is 4.74 Å². The second-order valence-electron chi connectivity index (χ2n) is 6.15. The third-order valence-electron chi connectivity index (χ3n) is 4.20. The minimum absolute atomic E-state index is 0.147. The maximum absolute atomic E-state index is 12.2. The summed E-state index contributed by atoms with van der Waals surface area (Å²) in [5, 5.41) is 2.89. The van der Waals surface area contributed by atoms with Crippen LogP contribution in [0.15, 0.2) is 47.1 Å². The van der Waals surface area contributed by atoms with Crippen LogP contribution in [0.25, 0.3) is 0 Å². The van der Waals surface area contributed by atoms with Crippen molar-refractivity contribution in [2.75, 3.05) is 18.0 Å². The second-order valence-corrected chi connectivity index (χ2v) is 7.07. The molecule has 132 valence electrons. The fourth-order valence-corrected chi connectivity index (χ4v) is 3.02. The van der Waals surface area contributed by atoms with Gasteiger partial charge in [-0.2, -0.15) is 0 Å². The highest BCUT2D eigenvalue weighted by atomic mass is 79.9. The van der Waals surface area contributed by atoms with Crippen LogP contribution in [0, 0.1) is 0 Å². The molecule has 0 aliphatic carbocycles. The number of amides is 1. The highest BCUT2D eigenvalue weighted by Gasteiger charge is 2.15. The van der Waals surface area contributed by atoms with Gasteiger partial charge in [-0.3, -0.25) is 4.79 Å². The smallest absolute Gasteiger partial charge is 0.261 e. The highest BCUT2D eigenvalue weighted by molar-refractivity contribution is 9.10. The average Bonchev–Trinajstić information content (AvgIpc) is 3.16. The van der Waals surface area contributed by atoms with Gasteiger partial charge in [0.05, 0.1) is 0 Å². The fraction of sp³-hybridized carbons (Fsp3) is 0.368.